The Morgan fingerprint density at radius 1 is 1.00 bits per heavy atom. The van der Waals surface area contributed by atoms with E-state index in [0.717, 1.165) is 17.6 Å². The summed E-state index contributed by atoms with van der Waals surface area (Å²) in [6, 6.07) is 14.1. The van der Waals surface area contributed by atoms with Gasteiger partial charge in [-0.3, -0.25) is 0 Å². The van der Waals surface area contributed by atoms with E-state index in [1.54, 1.807) is 12.1 Å². The van der Waals surface area contributed by atoms with Crippen molar-refractivity contribution in [2.24, 2.45) is 5.92 Å². The first-order valence-corrected chi connectivity index (χ1v) is 12.7. The maximum Gasteiger partial charge on any atom is 0.184 e. The van der Waals surface area contributed by atoms with Gasteiger partial charge in [0.25, 0.3) is 0 Å². The summed E-state index contributed by atoms with van der Waals surface area (Å²) >= 11 is 0. The summed E-state index contributed by atoms with van der Waals surface area (Å²) in [4.78, 5) is 0.427. The third kappa shape index (κ3) is 4.88. The van der Waals surface area contributed by atoms with Crippen molar-refractivity contribution in [3.8, 4) is 0 Å². The van der Waals surface area contributed by atoms with E-state index in [0.29, 0.717) is 29.1 Å². The third-order valence-electron chi connectivity index (χ3n) is 6.64. The maximum atomic E-state index is 13.5. The molecule has 2 aromatic rings. The molecule has 0 saturated carbocycles. The van der Waals surface area contributed by atoms with Crippen molar-refractivity contribution in [2.45, 2.75) is 82.8 Å². The van der Waals surface area contributed by atoms with Gasteiger partial charge < -0.3 is 0 Å². The van der Waals surface area contributed by atoms with Crippen LogP contribution in [0.15, 0.2) is 59.0 Å². The van der Waals surface area contributed by atoms with Crippen LogP contribution in [-0.2, 0) is 9.84 Å². The SMILES string of the molecule is CC(C)=CC(C[C@@H](C)[C@@H]1CC[C@H](C)c2ccc(C)cc21)S(=O)(=O)c1ccc(C)cc1. The molecular formula is C27H36O2S. The second-order valence-electron chi connectivity index (χ2n) is 9.57. The molecule has 1 aliphatic rings. The molecule has 1 aliphatic carbocycles. The first-order chi connectivity index (χ1) is 14.1. The Labute approximate surface area is 183 Å². The smallest absolute Gasteiger partial charge is 0.184 e. The summed E-state index contributed by atoms with van der Waals surface area (Å²) in [5, 5.41) is -0.493. The predicted molar refractivity (Wildman–Crippen MR) is 127 cm³/mol. The minimum atomic E-state index is -3.42. The van der Waals surface area contributed by atoms with Crippen LogP contribution < -0.4 is 0 Å². The number of hydrogen-bond donors (Lipinski definition) is 0. The fourth-order valence-corrected chi connectivity index (χ4v) is 6.76. The standard InChI is InChI=1S/C27H36O2S/c1-18(2)15-24(30(28,29)23-11-7-19(3)8-12-23)17-22(6)26-14-10-21(5)25-13-9-20(4)16-27(25)26/h7-9,11-13,15-16,21-22,24,26H,10,14,17H2,1-6H3/t21-,22+,24?,26-/m0/s1. The fraction of sp³-hybridized carbons (Fsp3) is 0.481. The first-order valence-electron chi connectivity index (χ1n) is 11.2. The van der Waals surface area contributed by atoms with E-state index in [1.165, 1.54) is 23.1 Å². The third-order valence-corrected chi connectivity index (χ3v) is 8.70. The van der Waals surface area contributed by atoms with Crippen LogP contribution in [0.4, 0.5) is 0 Å². The van der Waals surface area contributed by atoms with Crippen molar-refractivity contribution in [2.75, 3.05) is 0 Å². The molecule has 162 valence electrons. The summed E-state index contributed by atoms with van der Waals surface area (Å²) in [7, 11) is -3.42. The van der Waals surface area contributed by atoms with E-state index in [9.17, 15) is 8.42 Å². The van der Waals surface area contributed by atoms with Crippen LogP contribution in [0.3, 0.4) is 0 Å². The summed E-state index contributed by atoms with van der Waals surface area (Å²) in [5.41, 5.74) is 6.29. The normalized spacial score (nSPS) is 20.9. The Hall–Kier alpha value is -1.87. The molecule has 2 nitrogen and oxygen atoms in total. The lowest BCUT2D eigenvalue weighted by Gasteiger charge is -2.35. The molecule has 3 rings (SSSR count). The Kier molecular flexibility index (Phi) is 6.91. The van der Waals surface area contributed by atoms with Gasteiger partial charge in [0.1, 0.15) is 0 Å². The van der Waals surface area contributed by atoms with Gasteiger partial charge in [0.2, 0.25) is 0 Å². The van der Waals surface area contributed by atoms with Gasteiger partial charge in [0.15, 0.2) is 9.84 Å². The molecule has 0 fully saturated rings. The van der Waals surface area contributed by atoms with Gasteiger partial charge in [-0.15, -0.1) is 0 Å². The number of allylic oxidation sites excluding steroid dienone is 1. The van der Waals surface area contributed by atoms with Crippen molar-refractivity contribution in [1.29, 1.82) is 0 Å². The number of sulfone groups is 1. The molecule has 3 heteroatoms. The molecule has 0 aromatic heterocycles. The average Bonchev–Trinajstić information content (AvgIpc) is 2.67. The van der Waals surface area contributed by atoms with Gasteiger partial charge in [-0.1, -0.05) is 67.0 Å². The van der Waals surface area contributed by atoms with Crippen molar-refractivity contribution < 1.29 is 8.42 Å². The van der Waals surface area contributed by atoms with Gasteiger partial charge in [-0.2, -0.15) is 0 Å². The predicted octanol–water partition coefficient (Wildman–Crippen LogP) is 7.12. The molecule has 0 N–H and O–H groups in total. The quantitative estimate of drug-likeness (QED) is 0.463. The number of hydrogen-bond acceptors (Lipinski definition) is 2. The lowest BCUT2D eigenvalue weighted by atomic mass is 9.71. The summed E-state index contributed by atoms with van der Waals surface area (Å²) in [6.07, 6.45) is 4.90. The monoisotopic (exact) mass is 424 g/mol. The second-order valence-corrected chi connectivity index (χ2v) is 11.7. The van der Waals surface area contributed by atoms with Crippen molar-refractivity contribution in [3.05, 3.63) is 76.4 Å². The topological polar surface area (TPSA) is 34.1 Å². The minimum Gasteiger partial charge on any atom is -0.223 e. The highest BCUT2D eigenvalue weighted by molar-refractivity contribution is 7.92. The van der Waals surface area contributed by atoms with Crippen LogP contribution >= 0.6 is 0 Å². The molecule has 0 radical (unpaired) electrons. The Balaban J connectivity index is 1.93. The fourth-order valence-electron chi connectivity index (χ4n) is 4.89. The highest BCUT2D eigenvalue weighted by Crippen LogP contribution is 2.44. The first kappa shape index (κ1) is 22.8. The molecule has 0 heterocycles. The van der Waals surface area contributed by atoms with Gasteiger partial charge in [-0.25, -0.2) is 8.42 Å². The molecule has 1 unspecified atom stereocenters. The van der Waals surface area contributed by atoms with Crippen LogP contribution in [0.5, 0.6) is 0 Å². The summed E-state index contributed by atoms with van der Waals surface area (Å²) in [6.45, 7) is 12.7. The van der Waals surface area contributed by atoms with Crippen LogP contribution in [-0.4, -0.2) is 13.7 Å². The Bertz CT molecular complexity index is 1010. The van der Waals surface area contributed by atoms with E-state index in [-0.39, 0.29) is 0 Å². The average molecular weight is 425 g/mol. The number of rotatable bonds is 6. The minimum absolute atomic E-state index is 0.291. The van der Waals surface area contributed by atoms with Gasteiger partial charge in [0, 0.05) is 0 Å². The van der Waals surface area contributed by atoms with Gasteiger partial charge in [0.05, 0.1) is 10.1 Å². The molecular weight excluding hydrogens is 388 g/mol. The Morgan fingerprint density at radius 3 is 2.27 bits per heavy atom. The molecule has 30 heavy (non-hydrogen) atoms. The zero-order chi connectivity index (χ0) is 22.1. The highest BCUT2D eigenvalue weighted by atomic mass is 32.2. The van der Waals surface area contributed by atoms with E-state index >= 15 is 0 Å². The van der Waals surface area contributed by atoms with Crippen molar-refractivity contribution >= 4 is 9.84 Å². The van der Waals surface area contributed by atoms with E-state index in [2.05, 4.69) is 39.0 Å². The van der Waals surface area contributed by atoms with Crippen molar-refractivity contribution in [3.63, 3.8) is 0 Å². The zero-order valence-corrected chi connectivity index (χ0v) is 20.1. The van der Waals surface area contributed by atoms with Crippen LogP contribution in [0, 0.1) is 19.8 Å². The van der Waals surface area contributed by atoms with Crippen LogP contribution in [0.1, 0.15) is 81.0 Å². The second kappa shape index (κ2) is 9.09. The van der Waals surface area contributed by atoms with E-state index in [1.807, 2.05) is 39.0 Å². The zero-order valence-electron chi connectivity index (χ0n) is 19.3. The largest absolute Gasteiger partial charge is 0.223 e. The van der Waals surface area contributed by atoms with Crippen LogP contribution in [0.25, 0.3) is 0 Å². The summed E-state index contributed by atoms with van der Waals surface area (Å²) < 4.78 is 27.0. The number of aryl methyl sites for hydroxylation is 2. The molecule has 0 spiro atoms. The van der Waals surface area contributed by atoms with E-state index in [4.69, 9.17) is 0 Å². The maximum absolute atomic E-state index is 13.5. The molecule has 2 aromatic carbocycles. The highest BCUT2D eigenvalue weighted by Gasteiger charge is 2.33. The molecule has 4 atom stereocenters. The van der Waals surface area contributed by atoms with Gasteiger partial charge in [-0.05, 0) is 88.0 Å². The lowest BCUT2D eigenvalue weighted by Crippen LogP contribution is -2.26. The van der Waals surface area contributed by atoms with Crippen LogP contribution in [0.2, 0.25) is 0 Å². The Morgan fingerprint density at radius 2 is 1.63 bits per heavy atom. The number of fused-ring (bicyclic) bond motifs is 1. The summed E-state index contributed by atoms with van der Waals surface area (Å²) in [5.74, 6) is 1.28. The van der Waals surface area contributed by atoms with E-state index < -0.39 is 15.1 Å². The molecule has 0 saturated heterocycles. The molecule has 0 amide bonds. The molecule has 0 bridgehead atoms. The number of benzene rings is 2. The van der Waals surface area contributed by atoms with Gasteiger partial charge >= 0.3 is 0 Å². The van der Waals surface area contributed by atoms with Crippen molar-refractivity contribution in [1.82, 2.24) is 0 Å². The lowest BCUT2D eigenvalue weighted by molar-refractivity contribution is 0.369. The molecule has 0 aliphatic heterocycles.